The van der Waals surface area contributed by atoms with Crippen LogP contribution in [0.4, 0.5) is 0 Å². The van der Waals surface area contributed by atoms with Crippen LogP contribution in [0, 0.1) is 17.3 Å². The molecule has 1 amide bonds. The van der Waals surface area contributed by atoms with E-state index in [1.165, 1.54) is 44.1 Å². The van der Waals surface area contributed by atoms with Gasteiger partial charge in [0.25, 0.3) is 0 Å². The summed E-state index contributed by atoms with van der Waals surface area (Å²) in [6, 6.07) is 10.5. The topological polar surface area (TPSA) is 29.1 Å². The predicted octanol–water partition coefficient (Wildman–Crippen LogP) is 4.86. The quantitative estimate of drug-likeness (QED) is 0.546. The second-order valence-electron chi connectivity index (χ2n) is 8.73. The Labute approximate surface area is 153 Å². The average Bonchev–Trinajstić information content (AvgIpc) is 2.49. The summed E-state index contributed by atoms with van der Waals surface area (Å²) in [7, 11) is 0. The van der Waals surface area contributed by atoms with Gasteiger partial charge in [-0.05, 0) is 74.2 Å². The first-order valence-corrected chi connectivity index (χ1v) is 10.3. The zero-order chi connectivity index (χ0) is 16.6. The standard InChI is InChI=1S/C21H28BrNO/c22-21-12-17-9-18(13-21)11-20(10-17,15-21)14-19(24)23-8-4-7-16-5-2-1-3-6-16/h1-3,5-6,17-18H,4,7-15H2,(H,23,24). The van der Waals surface area contributed by atoms with Gasteiger partial charge in [0.15, 0.2) is 0 Å². The molecule has 24 heavy (non-hydrogen) atoms. The van der Waals surface area contributed by atoms with E-state index in [9.17, 15) is 4.79 Å². The van der Waals surface area contributed by atoms with Gasteiger partial charge in [-0.2, -0.15) is 0 Å². The first kappa shape index (κ1) is 16.6. The Kier molecular flexibility index (Phi) is 4.49. The Morgan fingerprint density at radius 1 is 1.12 bits per heavy atom. The second kappa shape index (κ2) is 6.48. The minimum Gasteiger partial charge on any atom is -0.356 e. The predicted molar refractivity (Wildman–Crippen MR) is 101 cm³/mol. The van der Waals surface area contributed by atoms with Crippen molar-refractivity contribution in [2.75, 3.05) is 6.54 Å². The first-order chi connectivity index (χ1) is 11.5. The summed E-state index contributed by atoms with van der Waals surface area (Å²) in [6.45, 7) is 0.802. The van der Waals surface area contributed by atoms with Crippen LogP contribution >= 0.6 is 15.9 Å². The fraction of sp³-hybridized carbons (Fsp3) is 0.667. The van der Waals surface area contributed by atoms with E-state index in [0.717, 1.165) is 37.6 Å². The molecule has 2 nitrogen and oxygen atoms in total. The molecule has 0 aromatic heterocycles. The van der Waals surface area contributed by atoms with Crippen molar-refractivity contribution in [3.63, 3.8) is 0 Å². The van der Waals surface area contributed by atoms with E-state index in [-0.39, 0.29) is 11.3 Å². The zero-order valence-electron chi connectivity index (χ0n) is 14.4. The highest BCUT2D eigenvalue weighted by atomic mass is 79.9. The number of alkyl halides is 1. The fourth-order valence-corrected chi connectivity index (χ4v) is 7.62. The summed E-state index contributed by atoms with van der Waals surface area (Å²) in [5, 5.41) is 3.19. The first-order valence-electron chi connectivity index (χ1n) is 9.54. The molecule has 0 heterocycles. The van der Waals surface area contributed by atoms with Crippen LogP contribution in [-0.2, 0) is 11.2 Å². The van der Waals surface area contributed by atoms with Crippen molar-refractivity contribution in [1.29, 1.82) is 0 Å². The molecular formula is C21H28BrNO. The highest BCUT2D eigenvalue weighted by Crippen LogP contribution is 2.65. The lowest BCUT2D eigenvalue weighted by atomic mass is 9.48. The number of amides is 1. The summed E-state index contributed by atoms with van der Waals surface area (Å²) in [5.74, 6) is 1.99. The number of carbonyl (C=O) groups excluding carboxylic acids is 1. The van der Waals surface area contributed by atoms with Crippen molar-refractivity contribution in [2.24, 2.45) is 17.3 Å². The molecule has 3 heteroatoms. The Morgan fingerprint density at radius 2 is 1.83 bits per heavy atom. The van der Waals surface area contributed by atoms with Gasteiger partial charge in [-0.3, -0.25) is 4.79 Å². The van der Waals surface area contributed by atoms with Crippen molar-refractivity contribution >= 4 is 21.8 Å². The van der Waals surface area contributed by atoms with E-state index < -0.39 is 0 Å². The van der Waals surface area contributed by atoms with E-state index in [2.05, 4.69) is 45.5 Å². The third kappa shape index (κ3) is 3.56. The number of carbonyl (C=O) groups is 1. The minimum atomic E-state index is 0.279. The summed E-state index contributed by atoms with van der Waals surface area (Å²) < 4.78 is 0.352. The Hall–Kier alpha value is -0.830. The van der Waals surface area contributed by atoms with Crippen LogP contribution in [0.25, 0.3) is 0 Å². The lowest BCUT2D eigenvalue weighted by Crippen LogP contribution is -2.54. The van der Waals surface area contributed by atoms with Crippen LogP contribution in [0.15, 0.2) is 30.3 Å². The molecule has 0 aliphatic heterocycles. The maximum absolute atomic E-state index is 12.5. The van der Waals surface area contributed by atoms with E-state index in [0.29, 0.717) is 4.32 Å². The van der Waals surface area contributed by atoms with Crippen molar-refractivity contribution in [3.8, 4) is 0 Å². The van der Waals surface area contributed by atoms with Gasteiger partial charge < -0.3 is 5.32 Å². The lowest BCUT2D eigenvalue weighted by molar-refractivity contribution is -0.128. The molecular weight excluding hydrogens is 362 g/mol. The number of benzene rings is 1. The Morgan fingerprint density at radius 3 is 2.50 bits per heavy atom. The minimum absolute atomic E-state index is 0.279. The maximum Gasteiger partial charge on any atom is 0.220 e. The number of rotatable bonds is 6. The summed E-state index contributed by atoms with van der Waals surface area (Å²) in [5.41, 5.74) is 1.64. The smallest absolute Gasteiger partial charge is 0.220 e. The molecule has 4 saturated carbocycles. The maximum atomic E-state index is 12.5. The molecule has 2 atom stereocenters. The molecule has 4 aliphatic carbocycles. The molecule has 4 fully saturated rings. The summed E-state index contributed by atoms with van der Waals surface area (Å²) in [4.78, 5) is 12.5. The van der Waals surface area contributed by atoms with E-state index in [1.54, 1.807) is 0 Å². The van der Waals surface area contributed by atoms with Gasteiger partial charge in [-0.25, -0.2) is 0 Å². The third-order valence-corrected chi connectivity index (χ3v) is 7.38. The number of aryl methyl sites for hydroxylation is 1. The van der Waals surface area contributed by atoms with E-state index in [1.807, 2.05) is 6.07 Å². The summed E-state index contributed by atoms with van der Waals surface area (Å²) >= 11 is 4.04. The van der Waals surface area contributed by atoms with E-state index in [4.69, 9.17) is 0 Å². The highest BCUT2D eigenvalue weighted by Gasteiger charge is 2.57. The molecule has 1 N–H and O–H groups in total. The average molecular weight is 390 g/mol. The van der Waals surface area contributed by atoms with Crippen molar-refractivity contribution in [3.05, 3.63) is 35.9 Å². The van der Waals surface area contributed by atoms with Crippen LogP contribution in [0.5, 0.6) is 0 Å². The number of nitrogens with one attached hydrogen (secondary N) is 1. The van der Waals surface area contributed by atoms with Crippen LogP contribution in [0.2, 0.25) is 0 Å². The molecule has 0 radical (unpaired) electrons. The molecule has 5 rings (SSSR count). The van der Waals surface area contributed by atoms with Gasteiger partial charge in [0.2, 0.25) is 5.91 Å². The number of hydrogen-bond acceptors (Lipinski definition) is 1. The van der Waals surface area contributed by atoms with Crippen LogP contribution in [0.1, 0.15) is 56.9 Å². The van der Waals surface area contributed by atoms with Gasteiger partial charge in [-0.1, -0.05) is 46.3 Å². The Balaban J connectivity index is 1.26. The van der Waals surface area contributed by atoms with Gasteiger partial charge in [0.05, 0.1) is 0 Å². The molecule has 0 spiro atoms. The van der Waals surface area contributed by atoms with Crippen LogP contribution < -0.4 is 5.32 Å². The van der Waals surface area contributed by atoms with Crippen molar-refractivity contribution in [2.45, 2.75) is 62.1 Å². The molecule has 2 unspecified atom stereocenters. The molecule has 130 valence electrons. The molecule has 1 aromatic carbocycles. The molecule has 0 saturated heterocycles. The van der Waals surface area contributed by atoms with Crippen LogP contribution in [0.3, 0.4) is 0 Å². The molecule has 4 bridgehead atoms. The second-order valence-corrected chi connectivity index (χ2v) is 10.4. The van der Waals surface area contributed by atoms with Gasteiger partial charge >= 0.3 is 0 Å². The Bertz CT molecular complexity index is 585. The number of halogens is 1. The van der Waals surface area contributed by atoms with Crippen molar-refractivity contribution < 1.29 is 4.79 Å². The fourth-order valence-electron chi connectivity index (χ4n) is 6.11. The van der Waals surface area contributed by atoms with Crippen molar-refractivity contribution in [1.82, 2.24) is 5.32 Å². The van der Waals surface area contributed by atoms with Gasteiger partial charge in [0.1, 0.15) is 0 Å². The monoisotopic (exact) mass is 389 g/mol. The normalized spacial score (nSPS) is 36.7. The highest BCUT2D eigenvalue weighted by molar-refractivity contribution is 9.10. The number of hydrogen-bond donors (Lipinski definition) is 1. The lowest BCUT2D eigenvalue weighted by Gasteiger charge is -2.60. The third-order valence-electron chi connectivity index (χ3n) is 6.45. The SMILES string of the molecule is O=C(CC12CC3CC(CC(Br)(C3)C1)C2)NCCCc1ccccc1. The van der Waals surface area contributed by atoms with E-state index >= 15 is 0 Å². The van der Waals surface area contributed by atoms with Gasteiger partial charge in [0, 0.05) is 17.3 Å². The van der Waals surface area contributed by atoms with Gasteiger partial charge in [-0.15, -0.1) is 0 Å². The molecule has 1 aromatic rings. The summed E-state index contributed by atoms with van der Waals surface area (Å²) in [6.07, 6.45) is 10.7. The largest absolute Gasteiger partial charge is 0.356 e. The molecule has 4 aliphatic rings. The van der Waals surface area contributed by atoms with Crippen LogP contribution in [-0.4, -0.2) is 16.8 Å². The zero-order valence-corrected chi connectivity index (χ0v) is 16.0.